The number of likely N-dealkylation sites (tertiary alicyclic amines) is 1. The minimum atomic E-state index is 0. The van der Waals surface area contributed by atoms with E-state index in [4.69, 9.17) is 4.74 Å². The third-order valence-electron chi connectivity index (χ3n) is 4.78. The van der Waals surface area contributed by atoms with Crippen molar-refractivity contribution in [2.75, 3.05) is 32.8 Å². The van der Waals surface area contributed by atoms with Gasteiger partial charge in [-0.25, -0.2) is 0 Å². The average molecular weight is 355 g/mol. The van der Waals surface area contributed by atoms with E-state index in [1.165, 1.54) is 5.56 Å². The van der Waals surface area contributed by atoms with Crippen LogP contribution in [-0.2, 0) is 4.79 Å². The molecule has 1 fully saturated rings. The van der Waals surface area contributed by atoms with Crippen LogP contribution in [0.1, 0.15) is 37.3 Å². The van der Waals surface area contributed by atoms with Crippen molar-refractivity contribution >= 4 is 18.3 Å². The van der Waals surface area contributed by atoms with Crippen molar-refractivity contribution in [1.29, 1.82) is 0 Å². The van der Waals surface area contributed by atoms with Crippen LogP contribution in [0.25, 0.3) is 0 Å². The summed E-state index contributed by atoms with van der Waals surface area (Å²) in [6.45, 7) is 10.6. The van der Waals surface area contributed by atoms with Crippen LogP contribution < -0.4 is 10.1 Å². The molecule has 136 valence electrons. The summed E-state index contributed by atoms with van der Waals surface area (Å²) >= 11 is 0. The summed E-state index contributed by atoms with van der Waals surface area (Å²) in [6.07, 6.45) is 2.68. The van der Waals surface area contributed by atoms with E-state index in [0.29, 0.717) is 18.9 Å². The molecule has 5 heteroatoms. The van der Waals surface area contributed by atoms with Gasteiger partial charge < -0.3 is 15.0 Å². The first kappa shape index (κ1) is 20.8. The Balaban J connectivity index is 0.00000288. The van der Waals surface area contributed by atoms with E-state index in [-0.39, 0.29) is 18.3 Å². The minimum absolute atomic E-state index is 0. The van der Waals surface area contributed by atoms with Gasteiger partial charge in [-0.1, -0.05) is 19.1 Å². The Hall–Kier alpha value is -1.26. The van der Waals surface area contributed by atoms with E-state index >= 15 is 0 Å². The number of piperidine rings is 1. The van der Waals surface area contributed by atoms with E-state index in [1.54, 1.807) is 0 Å². The maximum absolute atomic E-state index is 12.3. The SMILES string of the molecule is CCNCC1CCN(C(=O)CCOc2cccc(C)c2C)CC1.Cl. The highest BCUT2D eigenvalue weighted by atomic mass is 35.5. The Morgan fingerprint density at radius 3 is 2.67 bits per heavy atom. The Bertz CT molecular complexity index is 514. The van der Waals surface area contributed by atoms with Crippen LogP contribution >= 0.6 is 12.4 Å². The van der Waals surface area contributed by atoms with Gasteiger partial charge in [-0.15, -0.1) is 12.4 Å². The zero-order valence-corrected chi connectivity index (χ0v) is 16.0. The molecule has 0 aliphatic carbocycles. The lowest BCUT2D eigenvalue weighted by Crippen LogP contribution is -2.41. The van der Waals surface area contributed by atoms with Crippen LogP contribution in [-0.4, -0.2) is 43.6 Å². The zero-order valence-electron chi connectivity index (χ0n) is 15.1. The van der Waals surface area contributed by atoms with Crippen LogP contribution in [0.2, 0.25) is 0 Å². The van der Waals surface area contributed by atoms with Gasteiger partial charge in [0.15, 0.2) is 0 Å². The van der Waals surface area contributed by atoms with E-state index in [1.807, 2.05) is 17.0 Å². The number of aryl methyl sites for hydroxylation is 1. The number of carbonyl (C=O) groups is 1. The molecule has 0 radical (unpaired) electrons. The molecule has 0 saturated carbocycles. The lowest BCUT2D eigenvalue weighted by molar-refractivity contribution is -0.133. The maximum atomic E-state index is 12.3. The lowest BCUT2D eigenvalue weighted by Gasteiger charge is -2.32. The number of nitrogens with zero attached hydrogens (tertiary/aromatic N) is 1. The molecule has 1 N–H and O–H groups in total. The van der Waals surface area contributed by atoms with Crippen LogP contribution in [0.5, 0.6) is 5.75 Å². The predicted octanol–water partition coefficient (Wildman–Crippen LogP) is 3.34. The van der Waals surface area contributed by atoms with Gasteiger partial charge in [0.1, 0.15) is 5.75 Å². The summed E-state index contributed by atoms with van der Waals surface area (Å²) < 4.78 is 5.80. The van der Waals surface area contributed by atoms with Crippen LogP contribution in [0.4, 0.5) is 0 Å². The number of nitrogens with one attached hydrogen (secondary N) is 1. The number of ether oxygens (including phenoxy) is 1. The van der Waals surface area contributed by atoms with E-state index in [9.17, 15) is 4.79 Å². The minimum Gasteiger partial charge on any atom is -0.493 e. The summed E-state index contributed by atoms with van der Waals surface area (Å²) in [6, 6.07) is 6.04. The van der Waals surface area contributed by atoms with Gasteiger partial charge in [0.05, 0.1) is 13.0 Å². The number of benzene rings is 1. The second kappa shape index (κ2) is 10.6. The van der Waals surface area contributed by atoms with Gasteiger partial charge in [0, 0.05) is 13.1 Å². The molecule has 1 aromatic carbocycles. The maximum Gasteiger partial charge on any atom is 0.225 e. The van der Waals surface area contributed by atoms with Crippen LogP contribution in [0.3, 0.4) is 0 Å². The van der Waals surface area contributed by atoms with Gasteiger partial charge >= 0.3 is 0 Å². The molecule has 4 nitrogen and oxygen atoms in total. The first-order chi connectivity index (χ1) is 11.1. The molecule has 0 unspecified atom stereocenters. The van der Waals surface area contributed by atoms with Crippen molar-refractivity contribution in [3.8, 4) is 5.75 Å². The Morgan fingerprint density at radius 1 is 1.29 bits per heavy atom. The third-order valence-corrected chi connectivity index (χ3v) is 4.78. The van der Waals surface area contributed by atoms with Crippen LogP contribution in [0, 0.1) is 19.8 Å². The van der Waals surface area contributed by atoms with Crippen molar-refractivity contribution in [2.45, 2.75) is 40.0 Å². The molecule has 1 aliphatic rings. The van der Waals surface area contributed by atoms with Crippen molar-refractivity contribution < 1.29 is 9.53 Å². The standard InChI is InChI=1S/C19H30N2O2.ClH/c1-4-20-14-17-8-11-21(12-9-17)19(22)10-13-23-18-7-5-6-15(2)16(18)3;/h5-7,17,20H,4,8-14H2,1-3H3;1H. The normalized spacial score (nSPS) is 15.0. The Kier molecular flexibility index (Phi) is 9.16. The molecule has 0 bridgehead atoms. The van der Waals surface area contributed by atoms with Crippen molar-refractivity contribution in [1.82, 2.24) is 10.2 Å². The first-order valence-corrected chi connectivity index (χ1v) is 8.79. The molecule has 1 saturated heterocycles. The highest BCUT2D eigenvalue weighted by Crippen LogP contribution is 2.21. The van der Waals surface area contributed by atoms with E-state index in [2.05, 4.69) is 32.2 Å². The lowest BCUT2D eigenvalue weighted by atomic mass is 9.96. The van der Waals surface area contributed by atoms with E-state index in [0.717, 1.165) is 50.3 Å². The molecular weight excluding hydrogens is 324 g/mol. The Labute approximate surface area is 152 Å². The van der Waals surface area contributed by atoms with Crippen molar-refractivity contribution in [2.24, 2.45) is 5.92 Å². The largest absolute Gasteiger partial charge is 0.493 e. The highest BCUT2D eigenvalue weighted by molar-refractivity contribution is 5.85. The van der Waals surface area contributed by atoms with Gasteiger partial charge in [-0.2, -0.15) is 0 Å². The summed E-state index contributed by atoms with van der Waals surface area (Å²) in [5.74, 6) is 1.82. The first-order valence-electron chi connectivity index (χ1n) is 8.79. The van der Waals surface area contributed by atoms with Crippen LogP contribution in [0.15, 0.2) is 18.2 Å². The molecule has 2 rings (SSSR count). The fourth-order valence-corrected chi connectivity index (χ4v) is 3.02. The molecule has 0 aromatic heterocycles. The van der Waals surface area contributed by atoms with Crippen molar-refractivity contribution in [3.63, 3.8) is 0 Å². The fourth-order valence-electron chi connectivity index (χ4n) is 3.02. The third kappa shape index (κ3) is 5.99. The number of rotatable bonds is 7. The second-order valence-corrected chi connectivity index (χ2v) is 6.43. The summed E-state index contributed by atoms with van der Waals surface area (Å²) in [7, 11) is 0. The quantitative estimate of drug-likeness (QED) is 0.816. The number of hydrogen-bond acceptors (Lipinski definition) is 3. The topological polar surface area (TPSA) is 41.6 Å². The number of halogens is 1. The number of hydrogen-bond donors (Lipinski definition) is 1. The number of amides is 1. The fraction of sp³-hybridized carbons (Fsp3) is 0.632. The zero-order chi connectivity index (χ0) is 16.7. The average Bonchev–Trinajstić information content (AvgIpc) is 2.57. The van der Waals surface area contributed by atoms with Gasteiger partial charge in [-0.05, 0) is 62.9 Å². The van der Waals surface area contributed by atoms with Gasteiger partial charge in [0.2, 0.25) is 5.91 Å². The smallest absolute Gasteiger partial charge is 0.225 e. The van der Waals surface area contributed by atoms with Gasteiger partial charge in [-0.3, -0.25) is 4.79 Å². The molecule has 1 aromatic rings. The number of carbonyl (C=O) groups excluding carboxylic acids is 1. The summed E-state index contributed by atoms with van der Waals surface area (Å²) in [5.41, 5.74) is 2.38. The molecule has 24 heavy (non-hydrogen) atoms. The molecular formula is C19H31ClN2O2. The molecule has 0 spiro atoms. The molecule has 1 heterocycles. The predicted molar refractivity (Wildman–Crippen MR) is 101 cm³/mol. The Morgan fingerprint density at radius 2 is 2.00 bits per heavy atom. The molecule has 0 atom stereocenters. The molecule has 1 aliphatic heterocycles. The summed E-state index contributed by atoms with van der Waals surface area (Å²) in [5, 5.41) is 3.40. The highest BCUT2D eigenvalue weighted by Gasteiger charge is 2.22. The second-order valence-electron chi connectivity index (χ2n) is 6.43. The van der Waals surface area contributed by atoms with Gasteiger partial charge in [0.25, 0.3) is 0 Å². The summed E-state index contributed by atoms with van der Waals surface area (Å²) in [4.78, 5) is 14.3. The van der Waals surface area contributed by atoms with Crippen molar-refractivity contribution in [3.05, 3.63) is 29.3 Å². The monoisotopic (exact) mass is 354 g/mol. The molecule has 1 amide bonds. The van der Waals surface area contributed by atoms with E-state index < -0.39 is 0 Å².